The van der Waals surface area contributed by atoms with Crippen molar-refractivity contribution in [3.05, 3.63) is 24.3 Å². The summed E-state index contributed by atoms with van der Waals surface area (Å²) >= 11 is 0. The Balaban J connectivity index is 1.28. The number of nitrogens with one attached hydrogen (secondary N) is 1. The average molecular weight is 420 g/mol. The topological polar surface area (TPSA) is 44.8 Å². The number of unbranched alkanes of at least 4 members (excludes halogenated alkanes) is 1. The van der Waals surface area contributed by atoms with Crippen molar-refractivity contribution in [3.8, 4) is 5.75 Å². The van der Waals surface area contributed by atoms with Crippen molar-refractivity contribution < 1.29 is 13.9 Å². The number of nitrogens with zero attached hydrogens (tertiary/aromatic N) is 2. The van der Waals surface area contributed by atoms with Gasteiger partial charge in [-0.15, -0.1) is 0 Å². The van der Waals surface area contributed by atoms with E-state index in [1.807, 2.05) is 18.2 Å². The number of rotatable bonds is 11. The van der Waals surface area contributed by atoms with Gasteiger partial charge in [-0.3, -0.25) is 9.69 Å². The smallest absolute Gasteiger partial charge is 0.220 e. The van der Waals surface area contributed by atoms with Gasteiger partial charge in [0.05, 0.1) is 5.69 Å². The number of piperazine rings is 1. The Kier molecular flexibility index (Phi) is 9.74. The number of anilines is 1. The highest BCUT2D eigenvalue weighted by atomic mass is 19.1. The number of para-hydroxylation sites is 2. The Hall–Kier alpha value is -1.82. The van der Waals surface area contributed by atoms with Gasteiger partial charge < -0.3 is 15.0 Å². The van der Waals surface area contributed by atoms with Crippen molar-refractivity contribution in [1.82, 2.24) is 10.2 Å². The molecule has 1 N–H and O–H groups in total. The van der Waals surface area contributed by atoms with Crippen LogP contribution in [0.4, 0.5) is 10.1 Å². The molecule has 1 saturated heterocycles. The van der Waals surface area contributed by atoms with Crippen LogP contribution in [-0.2, 0) is 4.79 Å². The number of hydrogen-bond acceptors (Lipinski definition) is 4. The summed E-state index contributed by atoms with van der Waals surface area (Å²) in [6.07, 6.45) is 9.25. The summed E-state index contributed by atoms with van der Waals surface area (Å²) in [6, 6.07) is 7.91. The van der Waals surface area contributed by atoms with Gasteiger partial charge in [0.1, 0.15) is 19.0 Å². The largest absolute Gasteiger partial charge is 0.489 e. The van der Waals surface area contributed by atoms with Gasteiger partial charge in [0.2, 0.25) is 5.91 Å². The molecule has 1 aromatic carbocycles. The van der Waals surface area contributed by atoms with Crippen LogP contribution < -0.4 is 15.0 Å². The van der Waals surface area contributed by atoms with E-state index in [4.69, 9.17) is 4.74 Å². The fourth-order valence-electron chi connectivity index (χ4n) is 4.62. The van der Waals surface area contributed by atoms with Gasteiger partial charge in [0, 0.05) is 39.1 Å². The van der Waals surface area contributed by atoms with Gasteiger partial charge >= 0.3 is 0 Å². The first-order chi connectivity index (χ1) is 14.8. The molecular formula is C24H38FN3O2. The number of carbonyl (C=O) groups excluding carboxylic acids is 1. The van der Waals surface area contributed by atoms with E-state index < -0.39 is 6.67 Å². The molecule has 5 nitrogen and oxygen atoms in total. The Morgan fingerprint density at radius 2 is 1.83 bits per heavy atom. The normalized spacial score (nSPS) is 18.4. The molecule has 0 radical (unpaired) electrons. The van der Waals surface area contributed by atoms with Crippen LogP contribution >= 0.6 is 0 Å². The Morgan fingerprint density at radius 3 is 2.60 bits per heavy atom. The van der Waals surface area contributed by atoms with Crippen LogP contribution in [0.2, 0.25) is 0 Å². The second-order valence-corrected chi connectivity index (χ2v) is 8.60. The van der Waals surface area contributed by atoms with E-state index in [-0.39, 0.29) is 12.5 Å². The van der Waals surface area contributed by atoms with E-state index in [0.29, 0.717) is 5.92 Å². The summed E-state index contributed by atoms with van der Waals surface area (Å²) in [5.74, 6) is 1.62. The molecule has 0 aromatic heterocycles. The third-order valence-corrected chi connectivity index (χ3v) is 6.34. The van der Waals surface area contributed by atoms with Gasteiger partial charge in [-0.25, -0.2) is 4.39 Å². The predicted octanol–water partition coefficient (Wildman–Crippen LogP) is 4.02. The number of alkyl halides is 1. The van der Waals surface area contributed by atoms with Crippen LogP contribution in [-0.4, -0.2) is 63.4 Å². The van der Waals surface area contributed by atoms with Crippen molar-refractivity contribution in [2.24, 2.45) is 5.92 Å². The van der Waals surface area contributed by atoms with Crippen molar-refractivity contribution >= 4 is 11.6 Å². The number of halogens is 1. The maximum Gasteiger partial charge on any atom is 0.220 e. The molecule has 30 heavy (non-hydrogen) atoms. The van der Waals surface area contributed by atoms with E-state index in [9.17, 15) is 9.18 Å². The quantitative estimate of drug-likeness (QED) is 0.550. The van der Waals surface area contributed by atoms with Crippen LogP contribution in [0.3, 0.4) is 0 Å². The van der Waals surface area contributed by atoms with Crippen LogP contribution in [0.15, 0.2) is 24.3 Å². The molecule has 6 heteroatoms. The Labute approximate surface area is 180 Å². The highest BCUT2D eigenvalue weighted by Crippen LogP contribution is 2.29. The number of benzene rings is 1. The molecule has 0 atom stereocenters. The zero-order valence-electron chi connectivity index (χ0n) is 18.3. The van der Waals surface area contributed by atoms with Gasteiger partial charge in [-0.2, -0.15) is 0 Å². The molecule has 1 heterocycles. The van der Waals surface area contributed by atoms with Crippen molar-refractivity contribution in [3.63, 3.8) is 0 Å². The second-order valence-electron chi connectivity index (χ2n) is 8.60. The summed E-state index contributed by atoms with van der Waals surface area (Å²) in [7, 11) is 0. The number of ether oxygens (including phenoxy) is 1. The van der Waals surface area contributed by atoms with Gasteiger partial charge in [-0.1, -0.05) is 31.4 Å². The SMILES string of the molecule is O=C(CC1CCCCC1)NCCCCN1CCN(c2ccccc2OCCF)CC1. The minimum Gasteiger partial charge on any atom is -0.489 e. The summed E-state index contributed by atoms with van der Waals surface area (Å²) in [4.78, 5) is 16.9. The first-order valence-corrected chi connectivity index (χ1v) is 11.8. The fraction of sp³-hybridized carbons (Fsp3) is 0.708. The number of amides is 1. The molecule has 2 fully saturated rings. The zero-order chi connectivity index (χ0) is 21.0. The Morgan fingerprint density at radius 1 is 1.07 bits per heavy atom. The maximum absolute atomic E-state index is 12.5. The third-order valence-electron chi connectivity index (χ3n) is 6.34. The van der Waals surface area contributed by atoms with Crippen LogP contribution in [0.1, 0.15) is 51.4 Å². The van der Waals surface area contributed by atoms with Crippen LogP contribution in [0.5, 0.6) is 5.75 Å². The molecule has 0 unspecified atom stereocenters. The van der Waals surface area contributed by atoms with E-state index in [1.54, 1.807) is 0 Å². The lowest BCUT2D eigenvalue weighted by Crippen LogP contribution is -2.46. The van der Waals surface area contributed by atoms with Crippen molar-refractivity contribution in [2.75, 3.05) is 57.4 Å². The summed E-state index contributed by atoms with van der Waals surface area (Å²) in [5.41, 5.74) is 1.06. The second kappa shape index (κ2) is 12.8. The summed E-state index contributed by atoms with van der Waals surface area (Å²) in [5, 5.41) is 3.11. The number of carbonyl (C=O) groups is 1. The molecule has 2 aliphatic rings. The van der Waals surface area contributed by atoms with E-state index >= 15 is 0 Å². The molecule has 0 spiro atoms. The molecule has 0 bridgehead atoms. The zero-order valence-corrected chi connectivity index (χ0v) is 18.3. The number of hydrogen-bond donors (Lipinski definition) is 1. The van der Waals surface area contributed by atoms with Crippen molar-refractivity contribution in [1.29, 1.82) is 0 Å². The average Bonchev–Trinajstić information content (AvgIpc) is 2.79. The summed E-state index contributed by atoms with van der Waals surface area (Å²) in [6.45, 7) is 5.45. The minimum atomic E-state index is -0.469. The first-order valence-electron chi connectivity index (χ1n) is 11.8. The van der Waals surface area contributed by atoms with Crippen LogP contribution in [0.25, 0.3) is 0 Å². The highest BCUT2D eigenvalue weighted by molar-refractivity contribution is 5.76. The molecule has 3 rings (SSSR count). The lowest BCUT2D eigenvalue weighted by atomic mass is 9.87. The van der Waals surface area contributed by atoms with E-state index in [2.05, 4.69) is 21.2 Å². The molecule has 1 aliphatic carbocycles. The van der Waals surface area contributed by atoms with Gasteiger partial charge in [0.25, 0.3) is 0 Å². The molecule has 168 valence electrons. The first kappa shape index (κ1) is 22.9. The third kappa shape index (κ3) is 7.46. The van der Waals surface area contributed by atoms with Crippen molar-refractivity contribution in [2.45, 2.75) is 51.4 Å². The maximum atomic E-state index is 12.5. The predicted molar refractivity (Wildman–Crippen MR) is 120 cm³/mol. The van der Waals surface area contributed by atoms with E-state index in [0.717, 1.165) is 70.0 Å². The van der Waals surface area contributed by atoms with Crippen LogP contribution in [0, 0.1) is 5.92 Å². The Bertz CT molecular complexity index is 629. The standard InChI is InChI=1S/C24H38FN3O2/c25-12-19-30-23-11-5-4-10-22(23)28-17-15-27(16-18-28)14-7-6-13-26-24(29)20-21-8-2-1-3-9-21/h4-5,10-11,21H,1-3,6-9,12-20H2,(H,26,29). The highest BCUT2D eigenvalue weighted by Gasteiger charge is 2.20. The molecular weight excluding hydrogens is 381 g/mol. The molecule has 1 aromatic rings. The lowest BCUT2D eigenvalue weighted by Gasteiger charge is -2.36. The summed E-state index contributed by atoms with van der Waals surface area (Å²) < 4.78 is 18.0. The van der Waals surface area contributed by atoms with Gasteiger partial charge in [0.15, 0.2) is 0 Å². The molecule has 1 amide bonds. The monoisotopic (exact) mass is 419 g/mol. The molecule has 1 aliphatic heterocycles. The van der Waals surface area contributed by atoms with Gasteiger partial charge in [-0.05, 0) is 50.3 Å². The lowest BCUT2D eigenvalue weighted by molar-refractivity contribution is -0.122. The fourth-order valence-corrected chi connectivity index (χ4v) is 4.62. The minimum absolute atomic E-state index is 0.105. The van der Waals surface area contributed by atoms with E-state index in [1.165, 1.54) is 32.1 Å². The molecule has 1 saturated carbocycles.